The number of carbonyl (C=O) groups is 2. The van der Waals surface area contributed by atoms with Gasteiger partial charge in [0.05, 0.1) is 10.3 Å². The molecule has 0 aromatic carbocycles. The third-order valence-electron chi connectivity index (χ3n) is 4.66. The van der Waals surface area contributed by atoms with Crippen molar-refractivity contribution in [1.82, 2.24) is 10.2 Å². The standard InChI is InChI=1S/C15H20N2O2S/c1-11-3-10-20-12(11)13(18)17-8-2-4-15(6-9-17)5-7-16-14(15)19/h3,10H,2,4-9H2,1H3,(H,16,19). The lowest BCUT2D eigenvalue weighted by Crippen LogP contribution is -2.35. The number of hydrogen-bond acceptors (Lipinski definition) is 3. The minimum absolute atomic E-state index is 0.132. The fourth-order valence-electron chi connectivity index (χ4n) is 3.33. The van der Waals surface area contributed by atoms with Gasteiger partial charge < -0.3 is 10.2 Å². The fraction of sp³-hybridized carbons (Fsp3) is 0.600. The molecule has 108 valence electrons. The summed E-state index contributed by atoms with van der Waals surface area (Å²) in [6.45, 7) is 4.24. The first-order valence-corrected chi connectivity index (χ1v) is 8.12. The Hall–Kier alpha value is -1.36. The van der Waals surface area contributed by atoms with Gasteiger partial charge in [-0.1, -0.05) is 0 Å². The van der Waals surface area contributed by atoms with Crippen molar-refractivity contribution in [2.75, 3.05) is 19.6 Å². The molecule has 4 nitrogen and oxygen atoms in total. The summed E-state index contributed by atoms with van der Waals surface area (Å²) in [5, 5.41) is 4.91. The summed E-state index contributed by atoms with van der Waals surface area (Å²) in [5.41, 5.74) is 0.845. The number of aryl methyl sites for hydroxylation is 1. The Morgan fingerprint density at radius 1 is 1.35 bits per heavy atom. The number of hydrogen-bond donors (Lipinski definition) is 1. The van der Waals surface area contributed by atoms with Crippen LogP contribution in [0.1, 0.15) is 40.9 Å². The molecule has 2 aliphatic heterocycles. The highest BCUT2D eigenvalue weighted by atomic mass is 32.1. The molecule has 0 aliphatic carbocycles. The average molecular weight is 292 g/mol. The smallest absolute Gasteiger partial charge is 0.264 e. The first kappa shape index (κ1) is 13.6. The monoisotopic (exact) mass is 292 g/mol. The van der Waals surface area contributed by atoms with Crippen LogP contribution in [-0.2, 0) is 4.79 Å². The normalized spacial score (nSPS) is 26.6. The fourth-order valence-corrected chi connectivity index (χ4v) is 4.22. The number of amides is 2. The lowest BCUT2D eigenvalue weighted by Gasteiger charge is -2.24. The van der Waals surface area contributed by atoms with Crippen molar-refractivity contribution in [1.29, 1.82) is 0 Å². The molecule has 20 heavy (non-hydrogen) atoms. The van der Waals surface area contributed by atoms with E-state index in [1.54, 1.807) is 0 Å². The van der Waals surface area contributed by atoms with E-state index in [2.05, 4.69) is 5.32 Å². The second-order valence-electron chi connectivity index (χ2n) is 5.86. The summed E-state index contributed by atoms with van der Waals surface area (Å²) in [4.78, 5) is 27.4. The van der Waals surface area contributed by atoms with Crippen molar-refractivity contribution in [2.45, 2.75) is 32.6 Å². The van der Waals surface area contributed by atoms with Gasteiger partial charge >= 0.3 is 0 Å². The molecule has 2 saturated heterocycles. The van der Waals surface area contributed by atoms with Gasteiger partial charge in [0.15, 0.2) is 0 Å². The number of thiophene rings is 1. The van der Waals surface area contributed by atoms with E-state index in [1.807, 2.05) is 23.3 Å². The van der Waals surface area contributed by atoms with Gasteiger partial charge in [-0.25, -0.2) is 0 Å². The van der Waals surface area contributed by atoms with E-state index in [0.29, 0.717) is 6.54 Å². The summed E-state index contributed by atoms with van der Waals surface area (Å²) in [5.74, 6) is 0.326. The Morgan fingerprint density at radius 2 is 2.20 bits per heavy atom. The van der Waals surface area contributed by atoms with E-state index in [0.717, 1.165) is 49.2 Å². The SMILES string of the molecule is Cc1ccsc1C(=O)N1CCCC2(CCNC2=O)CC1. The van der Waals surface area contributed by atoms with Crippen molar-refractivity contribution in [3.8, 4) is 0 Å². The van der Waals surface area contributed by atoms with E-state index < -0.39 is 0 Å². The Kier molecular flexibility index (Phi) is 3.54. The van der Waals surface area contributed by atoms with E-state index in [9.17, 15) is 9.59 Å². The van der Waals surface area contributed by atoms with E-state index in [1.165, 1.54) is 11.3 Å². The van der Waals surface area contributed by atoms with E-state index >= 15 is 0 Å². The Morgan fingerprint density at radius 3 is 2.85 bits per heavy atom. The minimum Gasteiger partial charge on any atom is -0.356 e. The van der Waals surface area contributed by atoms with Gasteiger partial charge in [-0.15, -0.1) is 11.3 Å². The Labute approximate surface area is 123 Å². The maximum absolute atomic E-state index is 12.6. The summed E-state index contributed by atoms with van der Waals surface area (Å²) in [6, 6.07) is 1.99. The van der Waals surface area contributed by atoms with Gasteiger partial charge in [0.1, 0.15) is 0 Å². The van der Waals surface area contributed by atoms with Crippen LogP contribution in [0.2, 0.25) is 0 Å². The van der Waals surface area contributed by atoms with Crippen LogP contribution in [0.15, 0.2) is 11.4 Å². The topological polar surface area (TPSA) is 49.4 Å². The Bertz CT molecular complexity index is 540. The zero-order chi connectivity index (χ0) is 14.2. The van der Waals surface area contributed by atoms with Crippen LogP contribution in [0, 0.1) is 12.3 Å². The molecular formula is C15H20N2O2S. The van der Waals surface area contributed by atoms with Crippen LogP contribution < -0.4 is 5.32 Å². The largest absolute Gasteiger partial charge is 0.356 e. The number of likely N-dealkylation sites (tertiary alicyclic amines) is 1. The van der Waals surface area contributed by atoms with Crippen molar-refractivity contribution in [3.05, 3.63) is 21.9 Å². The molecule has 2 aliphatic rings. The van der Waals surface area contributed by atoms with Crippen molar-refractivity contribution < 1.29 is 9.59 Å². The van der Waals surface area contributed by atoms with Crippen LogP contribution in [0.4, 0.5) is 0 Å². The summed E-state index contributed by atoms with van der Waals surface area (Å²) >= 11 is 1.51. The highest BCUT2D eigenvalue weighted by molar-refractivity contribution is 7.12. The van der Waals surface area contributed by atoms with Gasteiger partial charge in [-0.05, 0) is 49.6 Å². The highest BCUT2D eigenvalue weighted by Gasteiger charge is 2.43. The molecule has 3 rings (SSSR count). The average Bonchev–Trinajstić information content (AvgIpc) is 2.92. The molecule has 1 unspecified atom stereocenters. The van der Waals surface area contributed by atoms with Crippen molar-refractivity contribution in [3.63, 3.8) is 0 Å². The minimum atomic E-state index is -0.209. The number of nitrogens with zero attached hydrogens (tertiary/aromatic N) is 1. The maximum atomic E-state index is 12.6. The van der Waals surface area contributed by atoms with Crippen LogP contribution in [0.25, 0.3) is 0 Å². The highest BCUT2D eigenvalue weighted by Crippen LogP contribution is 2.38. The predicted octanol–water partition coefficient (Wildman–Crippen LogP) is 2.19. The second-order valence-corrected chi connectivity index (χ2v) is 6.78. The van der Waals surface area contributed by atoms with Gasteiger partial charge in [0, 0.05) is 19.6 Å². The van der Waals surface area contributed by atoms with Crippen LogP contribution in [-0.4, -0.2) is 36.3 Å². The molecule has 1 N–H and O–H groups in total. The number of rotatable bonds is 1. The lowest BCUT2D eigenvalue weighted by molar-refractivity contribution is -0.128. The third-order valence-corrected chi connectivity index (χ3v) is 5.66. The number of nitrogens with one attached hydrogen (secondary N) is 1. The molecular weight excluding hydrogens is 272 g/mol. The van der Waals surface area contributed by atoms with Crippen molar-refractivity contribution in [2.24, 2.45) is 5.41 Å². The van der Waals surface area contributed by atoms with Gasteiger partial charge in [-0.2, -0.15) is 0 Å². The first-order valence-electron chi connectivity index (χ1n) is 7.24. The first-order chi connectivity index (χ1) is 9.62. The van der Waals surface area contributed by atoms with Crippen molar-refractivity contribution >= 4 is 23.2 Å². The summed E-state index contributed by atoms with van der Waals surface area (Å²) < 4.78 is 0. The Balaban J connectivity index is 1.73. The molecule has 3 heterocycles. The van der Waals surface area contributed by atoms with Crippen LogP contribution >= 0.6 is 11.3 Å². The second kappa shape index (κ2) is 5.20. The van der Waals surface area contributed by atoms with Gasteiger partial charge in [0.2, 0.25) is 5.91 Å². The molecule has 2 fully saturated rings. The number of carbonyl (C=O) groups excluding carboxylic acids is 2. The molecule has 1 aromatic heterocycles. The van der Waals surface area contributed by atoms with Crippen LogP contribution in [0.3, 0.4) is 0 Å². The lowest BCUT2D eigenvalue weighted by atomic mass is 9.79. The molecule has 0 bridgehead atoms. The zero-order valence-electron chi connectivity index (χ0n) is 11.8. The molecule has 1 aromatic rings. The summed E-state index contributed by atoms with van der Waals surface area (Å²) in [6.07, 6.45) is 3.55. The molecule has 1 spiro atoms. The third kappa shape index (κ3) is 2.24. The molecule has 2 amide bonds. The molecule has 1 atom stereocenters. The summed E-state index contributed by atoms with van der Waals surface area (Å²) in [7, 11) is 0. The molecule has 0 saturated carbocycles. The predicted molar refractivity (Wildman–Crippen MR) is 78.9 cm³/mol. The van der Waals surface area contributed by atoms with E-state index in [4.69, 9.17) is 0 Å². The van der Waals surface area contributed by atoms with Gasteiger partial charge in [0.25, 0.3) is 5.91 Å². The van der Waals surface area contributed by atoms with E-state index in [-0.39, 0.29) is 17.2 Å². The molecule has 0 radical (unpaired) electrons. The zero-order valence-corrected chi connectivity index (χ0v) is 12.6. The molecule has 5 heteroatoms. The quantitative estimate of drug-likeness (QED) is 0.862. The van der Waals surface area contributed by atoms with Crippen LogP contribution in [0.5, 0.6) is 0 Å². The maximum Gasteiger partial charge on any atom is 0.264 e. The van der Waals surface area contributed by atoms with Gasteiger partial charge in [-0.3, -0.25) is 9.59 Å².